The van der Waals surface area contributed by atoms with Gasteiger partial charge in [-0.1, -0.05) is 36.4 Å². The van der Waals surface area contributed by atoms with Crippen LogP contribution in [0.4, 0.5) is 14.9 Å². The van der Waals surface area contributed by atoms with E-state index in [-0.39, 0.29) is 24.4 Å². The molecule has 0 bridgehead atoms. The van der Waals surface area contributed by atoms with Crippen LogP contribution in [0.15, 0.2) is 48.5 Å². The van der Waals surface area contributed by atoms with Gasteiger partial charge >= 0.3 is 6.03 Å². The van der Waals surface area contributed by atoms with Crippen molar-refractivity contribution < 1.29 is 14.0 Å². The van der Waals surface area contributed by atoms with Crippen molar-refractivity contribution in [1.82, 2.24) is 15.1 Å². The van der Waals surface area contributed by atoms with E-state index in [0.29, 0.717) is 44.7 Å². The number of nitrogens with one attached hydrogen (secondary N) is 1. The van der Waals surface area contributed by atoms with Gasteiger partial charge in [0.15, 0.2) is 0 Å². The molecular weight excluding hydrogens is 383 g/mol. The van der Waals surface area contributed by atoms with Crippen LogP contribution in [0, 0.1) is 5.82 Å². The summed E-state index contributed by atoms with van der Waals surface area (Å²) in [5, 5.41) is 2.99. The molecule has 1 spiro atoms. The summed E-state index contributed by atoms with van der Waals surface area (Å²) >= 11 is 0. The second-order valence-electron chi connectivity index (χ2n) is 8.39. The first-order valence-electron chi connectivity index (χ1n) is 10.5. The second kappa shape index (κ2) is 7.40. The molecule has 1 N–H and O–H groups in total. The Morgan fingerprint density at radius 3 is 2.40 bits per heavy atom. The molecule has 0 saturated carbocycles. The summed E-state index contributed by atoms with van der Waals surface area (Å²) in [6.45, 7) is 2.92. The standard InChI is InChI=1S/C23H25FN4O2/c24-19-7-3-4-8-20(19)27-13-11-26(12-14-27)16-28-21(29)23(25-22(28)30)10-9-17-5-1-2-6-18(17)15-23/h1-8H,9-16H2,(H,25,30)/t23-/m0/s1. The lowest BCUT2D eigenvalue weighted by atomic mass is 9.78. The molecule has 1 aliphatic carbocycles. The molecular formula is C23H25FN4O2. The van der Waals surface area contributed by atoms with Crippen LogP contribution in [-0.2, 0) is 17.6 Å². The molecule has 0 aromatic heterocycles. The number of amides is 3. The summed E-state index contributed by atoms with van der Waals surface area (Å²) in [5.74, 6) is -0.349. The Morgan fingerprint density at radius 1 is 0.933 bits per heavy atom. The predicted molar refractivity (Wildman–Crippen MR) is 112 cm³/mol. The number of carbonyl (C=O) groups excluding carboxylic acids is 2. The highest BCUT2D eigenvalue weighted by molar-refractivity contribution is 6.07. The zero-order chi connectivity index (χ0) is 20.7. The molecule has 2 aromatic carbocycles. The third kappa shape index (κ3) is 3.23. The Labute approximate surface area is 175 Å². The van der Waals surface area contributed by atoms with Crippen LogP contribution in [0.3, 0.4) is 0 Å². The highest BCUT2D eigenvalue weighted by atomic mass is 19.1. The van der Waals surface area contributed by atoms with Crippen molar-refractivity contribution in [3.8, 4) is 0 Å². The Bertz CT molecular complexity index is 989. The fourth-order valence-electron chi connectivity index (χ4n) is 4.87. The van der Waals surface area contributed by atoms with Gasteiger partial charge in [-0.2, -0.15) is 0 Å². The minimum absolute atomic E-state index is 0.126. The number of halogens is 1. The minimum Gasteiger partial charge on any atom is -0.367 e. The fourth-order valence-corrected chi connectivity index (χ4v) is 4.87. The third-order valence-corrected chi connectivity index (χ3v) is 6.58. The second-order valence-corrected chi connectivity index (χ2v) is 8.39. The lowest BCUT2D eigenvalue weighted by molar-refractivity contribution is -0.133. The quantitative estimate of drug-likeness (QED) is 0.793. The number of carbonyl (C=O) groups is 2. The molecule has 30 heavy (non-hydrogen) atoms. The van der Waals surface area contributed by atoms with Gasteiger partial charge in [-0.25, -0.2) is 14.1 Å². The highest BCUT2D eigenvalue weighted by Crippen LogP contribution is 2.33. The molecule has 0 radical (unpaired) electrons. The van der Waals surface area contributed by atoms with Crippen molar-refractivity contribution in [1.29, 1.82) is 0 Å². The van der Waals surface area contributed by atoms with E-state index in [1.165, 1.54) is 16.5 Å². The molecule has 3 amide bonds. The predicted octanol–water partition coefficient (Wildman–Crippen LogP) is 2.38. The molecule has 2 aliphatic heterocycles. The van der Waals surface area contributed by atoms with E-state index in [1.807, 2.05) is 29.2 Å². The van der Waals surface area contributed by atoms with Gasteiger partial charge in [0, 0.05) is 32.6 Å². The van der Waals surface area contributed by atoms with Gasteiger partial charge in [0.2, 0.25) is 0 Å². The number of hydrogen-bond donors (Lipinski definition) is 1. The van der Waals surface area contributed by atoms with E-state index in [0.717, 1.165) is 12.0 Å². The van der Waals surface area contributed by atoms with Crippen LogP contribution in [0.2, 0.25) is 0 Å². The molecule has 2 heterocycles. The van der Waals surface area contributed by atoms with Crippen LogP contribution >= 0.6 is 0 Å². The number of benzene rings is 2. The van der Waals surface area contributed by atoms with Gasteiger partial charge in [0.1, 0.15) is 11.4 Å². The van der Waals surface area contributed by atoms with Gasteiger partial charge in [0.05, 0.1) is 12.4 Å². The van der Waals surface area contributed by atoms with Crippen LogP contribution in [0.1, 0.15) is 17.5 Å². The van der Waals surface area contributed by atoms with Gasteiger partial charge in [-0.15, -0.1) is 0 Å². The van der Waals surface area contributed by atoms with Gasteiger partial charge < -0.3 is 10.2 Å². The average molecular weight is 408 g/mol. The number of fused-ring (bicyclic) bond motifs is 1. The number of hydrogen-bond acceptors (Lipinski definition) is 4. The number of aryl methyl sites for hydroxylation is 1. The molecule has 2 fully saturated rings. The Balaban J connectivity index is 1.24. The first-order chi connectivity index (χ1) is 14.6. The van der Waals surface area contributed by atoms with E-state index < -0.39 is 5.54 Å². The van der Waals surface area contributed by atoms with Crippen molar-refractivity contribution in [2.75, 3.05) is 37.7 Å². The average Bonchev–Trinajstić information content (AvgIpc) is 2.98. The molecule has 7 heteroatoms. The van der Waals surface area contributed by atoms with Crippen LogP contribution in [0.25, 0.3) is 0 Å². The summed E-state index contributed by atoms with van der Waals surface area (Å²) in [6.07, 6.45) is 1.97. The normalized spacial score (nSPS) is 24.3. The van der Waals surface area contributed by atoms with Crippen molar-refractivity contribution in [3.05, 3.63) is 65.5 Å². The minimum atomic E-state index is -0.819. The Morgan fingerprint density at radius 2 is 1.63 bits per heavy atom. The molecule has 1 atom stereocenters. The zero-order valence-corrected chi connectivity index (χ0v) is 16.8. The lowest BCUT2D eigenvalue weighted by Gasteiger charge is -2.37. The number of urea groups is 1. The van der Waals surface area contributed by atoms with E-state index in [1.54, 1.807) is 12.1 Å². The maximum atomic E-state index is 14.0. The van der Waals surface area contributed by atoms with Crippen molar-refractivity contribution in [2.24, 2.45) is 0 Å². The number of imide groups is 1. The Kier molecular flexibility index (Phi) is 4.70. The maximum Gasteiger partial charge on any atom is 0.326 e. The molecule has 156 valence electrons. The zero-order valence-electron chi connectivity index (χ0n) is 16.8. The maximum absolute atomic E-state index is 14.0. The summed E-state index contributed by atoms with van der Waals surface area (Å²) in [4.78, 5) is 31.4. The van der Waals surface area contributed by atoms with Crippen molar-refractivity contribution >= 4 is 17.6 Å². The fraction of sp³-hybridized carbons (Fsp3) is 0.391. The lowest BCUT2D eigenvalue weighted by Crippen LogP contribution is -2.53. The number of piperazine rings is 1. The smallest absolute Gasteiger partial charge is 0.326 e. The summed E-state index contributed by atoms with van der Waals surface area (Å²) in [5.41, 5.74) is 2.18. The summed E-state index contributed by atoms with van der Waals surface area (Å²) in [6, 6.07) is 14.6. The molecule has 0 unspecified atom stereocenters. The van der Waals surface area contributed by atoms with E-state index in [4.69, 9.17) is 0 Å². The number of anilines is 1. The molecule has 6 nitrogen and oxygen atoms in total. The number of para-hydroxylation sites is 1. The highest BCUT2D eigenvalue weighted by Gasteiger charge is 2.52. The van der Waals surface area contributed by atoms with Crippen molar-refractivity contribution in [2.45, 2.75) is 24.8 Å². The largest absolute Gasteiger partial charge is 0.367 e. The molecule has 2 aromatic rings. The van der Waals surface area contributed by atoms with Crippen LogP contribution < -0.4 is 10.2 Å². The van der Waals surface area contributed by atoms with E-state index in [2.05, 4.69) is 16.3 Å². The topological polar surface area (TPSA) is 55.9 Å². The van der Waals surface area contributed by atoms with E-state index in [9.17, 15) is 14.0 Å². The van der Waals surface area contributed by atoms with Gasteiger partial charge in [-0.3, -0.25) is 9.69 Å². The molecule has 2 saturated heterocycles. The van der Waals surface area contributed by atoms with Crippen LogP contribution in [0.5, 0.6) is 0 Å². The first kappa shape index (κ1) is 19.1. The Hall–Kier alpha value is -2.93. The first-order valence-corrected chi connectivity index (χ1v) is 10.5. The number of rotatable bonds is 3. The monoisotopic (exact) mass is 408 g/mol. The third-order valence-electron chi connectivity index (χ3n) is 6.58. The number of nitrogens with zero attached hydrogens (tertiary/aromatic N) is 3. The summed E-state index contributed by atoms with van der Waals surface area (Å²) < 4.78 is 14.0. The van der Waals surface area contributed by atoms with Gasteiger partial charge in [-0.05, 0) is 36.1 Å². The SMILES string of the molecule is O=C1N[C@]2(CCc3ccccc3C2)C(=O)N1CN1CCN(c2ccccc2F)CC1. The molecule has 3 aliphatic rings. The van der Waals surface area contributed by atoms with Gasteiger partial charge in [0.25, 0.3) is 5.91 Å². The summed E-state index contributed by atoms with van der Waals surface area (Å²) in [7, 11) is 0. The van der Waals surface area contributed by atoms with E-state index >= 15 is 0 Å². The van der Waals surface area contributed by atoms with Crippen molar-refractivity contribution in [3.63, 3.8) is 0 Å². The molecule has 5 rings (SSSR count). The van der Waals surface area contributed by atoms with Crippen LogP contribution in [-0.4, -0.2) is 60.1 Å².